The molecule has 0 unspecified atom stereocenters. The molecule has 0 saturated heterocycles. The van der Waals surface area contributed by atoms with Crippen LogP contribution in [0.4, 0.5) is 11.4 Å². The molecule has 0 aliphatic heterocycles. The van der Waals surface area contributed by atoms with Gasteiger partial charge in [0.15, 0.2) is 0 Å². The third-order valence-electron chi connectivity index (χ3n) is 2.68. The third-order valence-corrected chi connectivity index (χ3v) is 3.38. The molecule has 3 nitrogen and oxygen atoms in total. The molecule has 19 heavy (non-hydrogen) atoms. The molecule has 3 N–H and O–H groups in total. The largest absolute Gasteiger partial charge is 0.389 e. The molecule has 0 spiro atoms. The highest BCUT2D eigenvalue weighted by molar-refractivity contribution is 9.10. The van der Waals surface area contributed by atoms with Crippen molar-refractivity contribution in [3.63, 3.8) is 0 Å². The van der Waals surface area contributed by atoms with Gasteiger partial charge in [0.1, 0.15) is 4.99 Å². The first-order valence-corrected chi connectivity index (χ1v) is 6.98. The second-order valence-corrected chi connectivity index (χ2v) is 5.63. The Kier molecular flexibility index (Phi) is 4.17. The SMILES string of the molecule is Cc1cc(Nc2cccc(Br)c2)c(C(N)=S)c(C)n1. The van der Waals surface area contributed by atoms with E-state index in [0.717, 1.165) is 32.8 Å². The Balaban J connectivity index is 2.47. The van der Waals surface area contributed by atoms with Gasteiger partial charge in [-0.05, 0) is 38.1 Å². The van der Waals surface area contributed by atoms with Crippen LogP contribution >= 0.6 is 28.1 Å². The summed E-state index contributed by atoms with van der Waals surface area (Å²) in [5.41, 5.74) is 10.2. The number of thiocarbonyl (C=S) groups is 1. The van der Waals surface area contributed by atoms with E-state index in [1.54, 1.807) is 0 Å². The maximum atomic E-state index is 5.79. The molecular weight excluding hydrogens is 322 g/mol. The smallest absolute Gasteiger partial charge is 0.107 e. The van der Waals surface area contributed by atoms with Crippen LogP contribution in [0.1, 0.15) is 17.0 Å². The zero-order valence-corrected chi connectivity index (χ0v) is 13.1. The Morgan fingerprint density at radius 1 is 1.32 bits per heavy atom. The van der Waals surface area contributed by atoms with Crippen molar-refractivity contribution in [1.29, 1.82) is 0 Å². The van der Waals surface area contributed by atoms with E-state index < -0.39 is 0 Å². The predicted molar refractivity (Wildman–Crippen MR) is 87.0 cm³/mol. The molecule has 1 aromatic carbocycles. The highest BCUT2D eigenvalue weighted by Gasteiger charge is 2.11. The van der Waals surface area contributed by atoms with Gasteiger partial charge in [0.2, 0.25) is 0 Å². The van der Waals surface area contributed by atoms with Crippen molar-refractivity contribution in [3.05, 3.63) is 51.8 Å². The lowest BCUT2D eigenvalue weighted by Gasteiger charge is -2.14. The third kappa shape index (κ3) is 3.30. The number of nitrogens with zero attached hydrogens (tertiary/aromatic N) is 1. The van der Waals surface area contributed by atoms with Crippen LogP contribution in [0.15, 0.2) is 34.8 Å². The minimum Gasteiger partial charge on any atom is -0.389 e. The van der Waals surface area contributed by atoms with Crippen molar-refractivity contribution < 1.29 is 0 Å². The summed E-state index contributed by atoms with van der Waals surface area (Å²) >= 11 is 8.56. The van der Waals surface area contributed by atoms with Crippen molar-refractivity contribution in [2.45, 2.75) is 13.8 Å². The lowest BCUT2D eigenvalue weighted by Crippen LogP contribution is -2.15. The molecule has 5 heteroatoms. The summed E-state index contributed by atoms with van der Waals surface area (Å²) in [5, 5.41) is 3.34. The molecule has 2 aromatic rings. The van der Waals surface area contributed by atoms with Gasteiger partial charge < -0.3 is 11.1 Å². The number of benzene rings is 1. The maximum Gasteiger partial charge on any atom is 0.107 e. The van der Waals surface area contributed by atoms with Gasteiger partial charge in [0.25, 0.3) is 0 Å². The molecule has 0 saturated carbocycles. The molecule has 0 aliphatic rings. The summed E-state index contributed by atoms with van der Waals surface area (Å²) in [6, 6.07) is 9.87. The average Bonchev–Trinajstić information content (AvgIpc) is 2.26. The number of nitrogens with one attached hydrogen (secondary N) is 1. The van der Waals surface area contributed by atoms with Gasteiger partial charge in [-0.15, -0.1) is 0 Å². The number of rotatable bonds is 3. The van der Waals surface area contributed by atoms with Crippen molar-refractivity contribution in [1.82, 2.24) is 4.98 Å². The van der Waals surface area contributed by atoms with Crippen molar-refractivity contribution in [3.8, 4) is 0 Å². The van der Waals surface area contributed by atoms with Crippen molar-refractivity contribution in [2.75, 3.05) is 5.32 Å². The molecule has 0 fully saturated rings. The Morgan fingerprint density at radius 2 is 2.05 bits per heavy atom. The fraction of sp³-hybridized carbons (Fsp3) is 0.143. The van der Waals surface area contributed by atoms with Crippen LogP contribution in [0.3, 0.4) is 0 Å². The summed E-state index contributed by atoms with van der Waals surface area (Å²) in [4.78, 5) is 4.75. The molecule has 2 rings (SSSR count). The number of aromatic nitrogens is 1. The van der Waals surface area contributed by atoms with Gasteiger partial charge in [-0.3, -0.25) is 4.98 Å². The van der Waals surface area contributed by atoms with E-state index in [2.05, 4.69) is 26.2 Å². The van der Waals surface area contributed by atoms with E-state index in [-0.39, 0.29) is 0 Å². The number of anilines is 2. The van der Waals surface area contributed by atoms with E-state index >= 15 is 0 Å². The zero-order valence-electron chi connectivity index (χ0n) is 10.7. The number of halogens is 1. The highest BCUT2D eigenvalue weighted by Crippen LogP contribution is 2.25. The lowest BCUT2D eigenvalue weighted by atomic mass is 10.1. The van der Waals surface area contributed by atoms with Gasteiger partial charge in [-0.1, -0.05) is 34.2 Å². The molecular formula is C14H14BrN3S. The van der Waals surface area contributed by atoms with Gasteiger partial charge in [0, 0.05) is 21.5 Å². The normalized spacial score (nSPS) is 10.3. The Morgan fingerprint density at radius 3 is 2.68 bits per heavy atom. The van der Waals surface area contributed by atoms with E-state index in [9.17, 15) is 0 Å². The number of aryl methyl sites for hydroxylation is 2. The van der Waals surface area contributed by atoms with E-state index in [1.165, 1.54) is 0 Å². The second kappa shape index (κ2) is 5.67. The molecule has 0 atom stereocenters. The van der Waals surface area contributed by atoms with Crippen molar-refractivity contribution >= 4 is 44.5 Å². The maximum absolute atomic E-state index is 5.79. The van der Waals surface area contributed by atoms with Crippen molar-refractivity contribution in [2.24, 2.45) is 5.73 Å². The first-order valence-electron chi connectivity index (χ1n) is 5.78. The topological polar surface area (TPSA) is 50.9 Å². The second-order valence-electron chi connectivity index (χ2n) is 4.27. The number of hydrogen-bond donors (Lipinski definition) is 2. The van der Waals surface area contributed by atoms with Crippen LogP contribution in [-0.2, 0) is 0 Å². The molecule has 1 heterocycles. The molecule has 0 aliphatic carbocycles. The summed E-state index contributed by atoms with van der Waals surface area (Å²) in [6.07, 6.45) is 0. The van der Waals surface area contributed by atoms with Gasteiger partial charge >= 0.3 is 0 Å². The van der Waals surface area contributed by atoms with Crippen LogP contribution in [0.5, 0.6) is 0 Å². The molecule has 0 bridgehead atoms. The Labute approximate surface area is 126 Å². The van der Waals surface area contributed by atoms with Crippen LogP contribution < -0.4 is 11.1 Å². The van der Waals surface area contributed by atoms with Crippen LogP contribution in [-0.4, -0.2) is 9.97 Å². The summed E-state index contributed by atoms with van der Waals surface area (Å²) in [7, 11) is 0. The quantitative estimate of drug-likeness (QED) is 0.836. The van der Waals surface area contributed by atoms with Crippen LogP contribution in [0.2, 0.25) is 0 Å². The molecule has 0 amide bonds. The highest BCUT2D eigenvalue weighted by atomic mass is 79.9. The fourth-order valence-corrected chi connectivity index (χ4v) is 2.62. The predicted octanol–water partition coefficient (Wildman–Crippen LogP) is 3.84. The van der Waals surface area contributed by atoms with Gasteiger partial charge in [-0.2, -0.15) is 0 Å². The first kappa shape index (κ1) is 14.0. The monoisotopic (exact) mass is 335 g/mol. The van der Waals surface area contributed by atoms with Gasteiger partial charge in [-0.25, -0.2) is 0 Å². The fourth-order valence-electron chi connectivity index (χ4n) is 1.96. The minimum absolute atomic E-state index is 0.350. The zero-order chi connectivity index (χ0) is 14.0. The number of nitrogens with two attached hydrogens (primary N) is 1. The van der Waals surface area contributed by atoms with E-state index in [0.29, 0.717) is 4.99 Å². The summed E-state index contributed by atoms with van der Waals surface area (Å²) in [5.74, 6) is 0. The summed E-state index contributed by atoms with van der Waals surface area (Å²) < 4.78 is 1.01. The van der Waals surface area contributed by atoms with E-state index in [1.807, 2.05) is 44.2 Å². The first-order chi connectivity index (χ1) is 8.97. The van der Waals surface area contributed by atoms with Crippen LogP contribution in [0.25, 0.3) is 0 Å². The lowest BCUT2D eigenvalue weighted by molar-refractivity contribution is 1.12. The number of hydrogen-bond acceptors (Lipinski definition) is 3. The Bertz CT molecular complexity index is 641. The van der Waals surface area contributed by atoms with E-state index in [4.69, 9.17) is 18.0 Å². The molecule has 0 radical (unpaired) electrons. The Hall–Kier alpha value is -1.46. The number of pyridine rings is 1. The summed E-state index contributed by atoms with van der Waals surface area (Å²) in [6.45, 7) is 3.86. The standard InChI is InChI=1S/C14H14BrN3S/c1-8-6-12(13(14(16)19)9(2)17-8)18-11-5-3-4-10(15)7-11/h3-7H,1-2H3,(H2,16,19)(H,17,18). The molecule has 1 aromatic heterocycles. The minimum atomic E-state index is 0.350. The van der Waals surface area contributed by atoms with Crippen LogP contribution in [0, 0.1) is 13.8 Å². The average molecular weight is 336 g/mol. The van der Waals surface area contributed by atoms with Gasteiger partial charge in [0.05, 0.1) is 11.3 Å². The molecule has 98 valence electrons.